The Morgan fingerprint density at radius 2 is 1.79 bits per heavy atom. The molecule has 1 aromatic carbocycles. The third-order valence-corrected chi connectivity index (χ3v) is 4.70. The van der Waals surface area contributed by atoms with Gasteiger partial charge in [0.2, 0.25) is 0 Å². The fourth-order valence-corrected chi connectivity index (χ4v) is 3.59. The molecule has 2 saturated heterocycles. The molecule has 0 radical (unpaired) electrons. The van der Waals surface area contributed by atoms with E-state index in [1.807, 2.05) is 0 Å². The lowest BCUT2D eigenvalue weighted by Gasteiger charge is -2.33. The van der Waals surface area contributed by atoms with Crippen molar-refractivity contribution in [3.63, 3.8) is 0 Å². The quantitative estimate of drug-likeness (QED) is 0.885. The van der Waals surface area contributed by atoms with Crippen LogP contribution in [0.5, 0.6) is 0 Å². The van der Waals surface area contributed by atoms with Crippen molar-refractivity contribution in [3.8, 4) is 0 Å². The second-order valence-electron chi connectivity index (χ2n) is 5.78. The summed E-state index contributed by atoms with van der Waals surface area (Å²) < 4.78 is 0. The van der Waals surface area contributed by atoms with Crippen molar-refractivity contribution in [1.29, 1.82) is 0 Å². The monoisotopic (exact) mass is 278 g/mol. The van der Waals surface area contributed by atoms with Gasteiger partial charge in [0.25, 0.3) is 0 Å². The molecule has 2 aliphatic heterocycles. The first-order valence-corrected chi connectivity index (χ1v) is 7.97. The molecular weight excluding hydrogens is 256 g/mol. The highest BCUT2D eigenvalue weighted by Gasteiger charge is 2.22. The molecular formula is C16H23ClN2. The van der Waals surface area contributed by atoms with Crippen LogP contribution in [-0.4, -0.2) is 26.2 Å². The summed E-state index contributed by atoms with van der Waals surface area (Å²) in [5.41, 5.74) is 2.92. The number of halogens is 1. The van der Waals surface area contributed by atoms with Gasteiger partial charge in [-0.1, -0.05) is 11.6 Å². The molecule has 2 nitrogen and oxygen atoms in total. The normalized spacial score (nSPS) is 21.6. The zero-order chi connectivity index (χ0) is 13.1. The zero-order valence-electron chi connectivity index (χ0n) is 11.5. The van der Waals surface area contributed by atoms with Crippen LogP contribution < -0.4 is 10.2 Å². The lowest BCUT2D eigenvalue weighted by atomic mass is 9.88. The molecule has 3 heteroatoms. The topological polar surface area (TPSA) is 15.3 Å². The molecule has 0 amide bonds. The van der Waals surface area contributed by atoms with E-state index in [1.165, 1.54) is 56.4 Å². The first-order valence-electron chi connectivity index (χ1n) is 7.60. The van der Waals surface area contributed by atoms with E-state index in [9.17, 15) is 0 Å². The number of anilines is 1. The van der Waals surface area contributed by atoms with Crippen LogP contribution >= 0.6 is 11.6 Å². The SMILES string of the molecule is Clc1ccc(N2CCCCC2)c(C2CCNCC2)c1. The summed E-state index contributed by atoms with van der Waals surface area (Å²) in [7, 11) is 0. The van der Waals surface area contributed by atoms with Gasteiger partial charge < -0.3 is 10.2 Å². The molecule has 0 saturated carbocycles. The Balaban J connectivity index is 1.88. The molecule has 0 atom stereocenters. The maximum Gasteiger partial charge on any atom is 0.0410 e. The Bertz CT molecular complexity index is 421. The van der Waals surface area contributed by atoms with Gasteiger partial charge in [-0.3, -0.25) is 0 Å². The Morgan fingerprint density at radius 3 is 2.53 bits per heavy atom. The highest BCUT2D eigenvalue weighted by Crippen LogP contribution is 2.36. The van der Waals surface area contributed by atoms with E-state index in [0.717, 1.165) is 18.1 Å². The van der Waals surface area contributed by atoms with Crippen molar-refractivity contribution in [2.24, 2.45) is 0 Å². The highest BCUT2D eigenvalue weighted by atomic mass is 35.5. The van der Waals surface area contributed by atoms with E-state index >= 15 is 0 Å². The van der Waals surface area contributed by atoms with Gasteiger partial charge >= 0.3 is 0 Å². The number of nitrogens with zero attached hydrogens (tertiary/aromatic N) is 1. The Labute approximate surface area is 121 Å². The number of hydrogen-bond donors (Lipinski definition) is 1. The lowest BCUT2D eigenvalue weighted by Crippen LogP contribution is -2.32. The van der Waals surface area contributed by atoms with Gasteiger partial charge in [-0.05, 0) is 74.9 Å². The largest absolute Gasteiger partial charge is 0.371 e. The molecule has 104 valence electrons. The zero-order valence-corrected chi connectivity index (χ0v) is 12.3. The molecule has 0 unspecified atom stereocenters. The fourth-order valence-electron chi connectivity index (χ4n) is 3.41. The van der Waals surface area contributed by atoms with Crippen molar-refractivity contribution >= 4 is 17.3 Å². The Morgan fingerprint density at radius 1 is 1.05 bits per heavy atom. The first-order chi connectivity index (χ1) is 9.34. The predicted octanol–water partition coefficient (Wildman–Crippen LogP) is 3.80. The van der Waals surface area contributed by atoms with Crippen LogP contribution in [0.15, 0.2) is 18.2 Å². The van der Waals surface area contributed by atoms with Gasteiger partial charge in [-0.25, -0.2) is 0 Å². The summed E-state index contributed by atoms with van der Waals surface area (Å²) in [4.78, 5) is 2.57. The molecule has 0 aromatic heterocycles. The summed E-state index contributed by atoms with van der Waals surface area (Å²) in [5.74, 6) is 0.678. The molecule has 2 fully saturated rings. The van der Waals surface area contributed by atoms with Crippen LogP contribution in [0.25, 0.3) is 0 Å². The molecule has 0 spiro atoms. The van der Waals surface area contributed by atoms with E-state index in [1.54, 1.807) is 0 Å². The lowest BCUT2D eigenvalue weighted by molar-refractivity contribution is 0.459. The van der Waals surface area contributed by atoms with Crippen molar-refractivity contribution in [3.05, 3.63) is 28.8 Å². The summed E-state index contributed by atoms with van der Waals surface area (Å²) in [6, 6.07) is 6.50. The van der Waals surface area contributed by atoms with Gasteiger partial charge in [0.15, 0.2) is 0 Å². The number of hydrogen-bond acceptors (Lipinski definition) is 2. The van der Waals surface area contributed by atoms with Crippen LogP contribution in [0, 0.1) is 0 Å². The van der Waals surface area contributed by atoms with E-state index in [2.05, 4.69) is 28.4 Å². The minimum atomic E-state index is 0.678. The van der Waals surface area contributed by atoms with Crippen LogP contribution in [0.4, 0.5) is 5.69 Å². The maximum atomic E-state index is 6.24. The molecule has 3 rings (SSSR count). The minimum absolute atomic E-state index is 0.678. The van der Waals surface area contributed by atoms with Crippen LogP contribution in [0.1, 0.15) is 43.6 Å². The summed E-state index contributed by atoms with van der Waals surface area (Å²) in [5, 5.41) is 4.34. The number of nitrogens with one attached hydrogen (secondary N) is 1. The predicted molar refractivity (Wildman–Crippen MR) is 82.4 cm³/mol. The molecule has 1 aromatic rings. The third kappa shape index (κ3) is 3.06. The van der Waals surface area contributed by atoms with E-state index in [0.29, 0.717) is 5.92 Å². The molecule has 1 N–H and O–H groups in total. The Hall–Kier alpha value is -0.730. The van der Waals surface area contributed by atoms with Gasteiger partial charge in [0.1, 0.15) is 0 Å². The molecule has 2 heterocycles. The average Bonchev–Trinajstić information content (AvgIpc) is 2.49. The van der Waals surface area contributed by atoms with E-state index < -0.39 is 0 Å². The Kier molecular flexibility index (Phi) is 4.29. The maximum absolute atomic E-state index is 6.24. The molecule has 19 heavy (non-hydrogen) atoms. The standard InChI is InChI=1S/C16H23ClN2/c17-14-4-5-16(19-10-2-1-3-11-19)15(12-14)13-6-8-18-9-7-13/h4-5,12-13,18H,1-3,6-11H2. The van der Waals surface area contributed by atoms with Crippen molar-refractivity contribution in [2.75, 3.05) is 31.1 Å². The van der Waals surface area contributed by atoms with Gasteiger partial charge in [0.05, 0.1) is 0 Å². The smallest absolute Gasteiger partial charge is 0.0410 e. The number of piperidine rings is 2. The highest BCUT2D eigenvalue weighted by molar-refractivity contribution is 6.30. The van der Waals surface area contributed by atoms with E-state index in [-0.39, 0.29) is 0 Å². The van der Waals surface area contributed by atoms with Crippen LogP contribution in [0.2, 0.25) is 5.02 Å². The second-order valence-corrected chi connectivity index (χ2v) is 6.21. The second kappa shape index (κ2) is 6.15. The number of benzene rings is 1. The van der Waals surface area contributed by atoms with Gasteiger partial charge in [-0.15, -0.1) is 0 Å². The minimum Gasteiger partial charge on any atom is -0.371 e. The summed E-state index contributed by atoms with van der Waals surface area (Å²) in [6.07, 6.45) is 6.51. The summed E-state index contributed by atoms with van der Waals surface area (Å²) in [6.45, 7) is 4.69. The van der Waals surface area contributed by atoms with Crippen molar-refractivity contribution in [1.82, 2.24) is 5.32 Å². The molecule has 0 aliphatic carbocycles. The first kappa shape index (κ1) is 13.3. The van der Waals surface area contributed by atoms with Gasteiger partial charge in [-0.2, -0.15) is 0 Å². The number of rotatable bonds is 2. The summed E-state index contributed by atoms with van der Waals surface area (Å²) >= 11 is 6.24. The van der Waals surface area contributed by atoms with Crippen molar-refractivity contribution in [2.45, 2.75) is 38.0 Å². The fraction of sp³-hybridized carbons (Fsp3) is 0.625. The van der Waals surface area contributed by atoms with Gasteiger partial charge in [0, 0.05) is 23.8 Å². The average molecular weight is 279 g/mol. The van der Waals surface area contributed by atoms with Crippen molar-refractivity contribution < 1.29 is 0 Å². The van der Waals surface area contributed by atoms with Crippen LogP contribution in [-0.2, 0) is 0 Å². The van der Waals surface area contributed by atoms with E-state index in [4.69, 9.17) is 11.6 Å². The van der Waals surface area contributed by atoms with Crippen LogP contribution in [0.3, 0.4) is 0 Å². The molecule has 2 aliphatic rings. The molecule has 0 bridgehead atoms. The third-order valence-electron chi connectivity index (χ3n) is 4.47.